The second kappa shape index (κ2) is 4.76. The molecule has 0 bridgehead atoms. The lowest BCUT2D eigenvalue weighted by Gasteiger charge is -2.10. The molecule has 1 N–H and O–H groups in total. The van der Waals surface area contributed by atoms with E-state index in [0.717, 1.165) is 23.5 Å². The molecular formula is C11H15N3OS. The number of aliphatic hydroxyl groups excluding tert-OH is 1. The summed E-state index contributed by atoms with van der Waals surface area (Å²) in [4.78, 5) is 4.16. The predicted octanol–water partition coefficient (Wildman–Crippen LogP) is 1.94. The molecule has 1 unspecified atom stereocenters. The second-order valence-corrected chi connectivity index (χ2v) is 4.47. The number of thiophene rings is 1. The topological polar surface area (TPSA) is 50.9 Å². The summed E-state index contributed by atoms with van der Waals surface area (Å²) in [5.41, 5.74) is 2.13. The van der Waals surface area contributed by atoms with E-state index in [1.807, 2.05) is 29.3 Å². The third-order valence-electron chi connectivity index (χ3n) is 2.63. The van der Waals surface area contributed by atoms with Crippen LogP contribution in [0.15, 0.2) is 17.1 Å². The molecule has 4 nitrogen and oxygen atoms in total. The van der Waals surface area contributed by atoms with Crippen LogP contribution in [-0.4, -0.2) is 19.9 Å². The quantitative estimate of drug-likeness (QED) is 0.884. The summed E-state index contributed by atoms with van der Waals surface area (Å²) >= 11 is 1.61. The van der Waals surface area contributed by atoms with E-state index in [1.54, 1.807) is 11.3 Å². The Morgan fingerprint density at radius 3 is 2.94 bits per heavy atom. The summed E-state index contributed by atoms with van der Waals surface area (Å²) in [6.07, 6.45) is 1.57. The largest absolute Gasteiger partial charge is 0.388 e. The highest BCUT2D eigenvalue weighted by atomic mass is 32.1. The molecule has 5 heteroatoms. The van der Waals surface area contributed by atoms with Crippen LogP contribution in [0.2, 0.25) is 0 Å². The van der Waals surface area contributed by atoms with E-state index in [9.17, 15) is 5.11 Å². The Morgan fingerprint density at radius 2 is 2.31 bits per heavy atom. The first-order valence-corrected chi connectivity index (χ1v) is 6.24. The van der Waals surface area contributed by atoms with Gasteiger partial charge in [-0.2, -0.15) is 16.4 Å². The summed E-state index contributed by atoms with van der Waals surface area (Å²) < 4.78 is 1.81. The van der Waals surface area contributed by atoms with Gasteiger partial charge in [-0.15, -0.1) is 0 Å². The molecule has 2 rings (SSSR count). The molecule has 2 aromatic rings. The van der Waals surface area contributed by atoms with Crippen molar-refractivity contribution in [3.63, 3.8) is 0 Å². The van der Waals surface area contributed by atoms with Crippen molar-refractivity contribution in [3.05, 3.63) is 34.0 Å². The smallest absolute Gasteiger partial charge is 0.138 e. The molecule has 86 valence electrons. The van der Waals surface area contributed by atoms with Crippen LogP contribution in [0.25, 0.3) is 0 Å². The summed E-state index contributed by atoms with van der Waals surface area (Å²) in [6, 6.07) is 0. The molecule has 0 fully saturated rings. The van der Waals surface area contributed by atoms with Gasteiger partial charge in [0.05, 0.1) is 6.10 Å². The first-order chi connectivity index (χ1) is 7.72. The third-order valence-corrected chi connectivity index (χ3v) is 3.51. The van der Waals surface area contributed by atoms with Crippen LogP contribution in [0.4, 0.5) is 0 Å². The minimum Gasteiger partial charge on any atom is -0.388 e. The van der Waals surface area contributed by atoms with Crippen LogP contribution in [0.5, 0.6) is 0 Å². The lowest BCUT2D eigenvalue weighted by molar-refractivity contribution is 0.174. The van der Waals surface area contributed by atoms with E-state index in [-0.39, 0.29) is 0 Å². The fourth-order valence-electron chi connectivity index (χ4n) is 1.70. The number of aromatic nitrogens is 3. The maximum Gasteiger partial charge on any atom is 0.138 e. The van der Waals surface area contributed by atoms with E-state index in [0.29, 0.717) is 6.42 Å². The predicted molar refractivity (Wildman–Crippen MR) is 63.4 cm³/mol. The third kappa shape index (κ3) is 2.15. The Bertz CT molecular complexity index is 463. The molecule has 2 aromatic heterocycles. The Balaban J connectivity index is 2.13. The average Bonchev–Trinajstić information content (AvgIpc) is 2.86. The number of nitrogens with zero attached hydrogens (tertiary/aromatic N) is 3. The second-order valence-electron chi connectivity index (χ2n) is 3.72. The highest BCUT2D eigenvalue weighted by Gasteiger charge is 2.15. The fraction of sp³-hybridized carbons (Fsp3) is 0.455. The molecule has 0 spiro atoms. The van der Waals surface area contributed by atoms with E-state index < -0.39 is 6.10 Å². The van der Waals surface area contributed by atoms with Gasteiger partial charge in [-0.1, -0.05) is 0 Å². The molecule has 16 heavy (non-hydrogen) atoms. The zero-order valence-electron chi connectivity index (χ0n) is 9.42. The van der Waals surface area contributed by atoms with E-state index in [1.165, 1.54) is 6.33 Å². The molecule has 0 radical (unpaired) electrons. The summed E-state index contributed by atoms with van der Waals surface area (Å²) in [7, 11) is 0. The number of aryl methyl sites for hydroxylation is 2. The molecule has 0 aliphatic rings. The van der Waals surface area contributed by atoms with Gasteiger partial charge >= 0.3 is 0 Å². The Kier molecular flexibility index (Phi) is 3.36. The molecule has 0 aliphatic carbocycles. The molecule has 0 amide bonds. The van der Waals surface area contributed by atoms with Crippen molar-refractivity contribution in [2.24, 2.45) is 0 Å². The average molecular weight is 237 g/mol. The lowest BCUT2D eigenvalue weighted by Crippen LogP contribution is -2.09. The maximum atomic E-state index is 10.1. The molecule has 0 aliphatic heterocycles. The van der Waals surface area contributed by atoms with Gasteiger partial charge in [0, 0.05) is 13.0 Å². The van der Waals surface area contributed by atoms with Crippen molar-refractivity contribution in [1.29, 1.82) is 0 Å². The van der Waals surface area contributed by atoms with Crippen molar-refractivity contribution >= 4 is 11.3 Å². The van der Waals surface area contributed by atoms with Gasteiger partial charge in [0.15, 0.2) is 0 Å². The molecule has 0 saturated carbocycles. The zero-order valence-corrected chi connectivity index (χ0v) is 10.2. The fourth-order valence-corrected chi connectivity index (χ4v) is 2.60. The molecule has 0 aromatic carbocycles. The Labute approximate surface area is 98.6 Å². The van der Waals surface area contributed by atoms with Crippen molar-refractivity contribution in [2.75, 3.05) is 0 Å². The van der Waals surface area contributed by atoms with Crippen LogP contribution in [0, 0.1) is 6.92 Å². The van der Waals surface area contributed by atoms with Crippen molar-refractivity contribution < 1.29 is 5.11 Å². The molecule has 1 atom stereocenters. The van der Waals surface area contributed by atoms with Gasteiger partial charge < -0.3 is 5.11 Å². The van der Waals surface area contributed by atoms with Gasteiger partial charge in [0.2, 0.25) is 0 Å². The Morgan fingerprint density at radius 1 is 1.50 bits per heavy atom. The van der Waals surface area contributed by atoms with Crippen LogP contribution in [-0.2, 0) is 13.0 Å². The summed E-state index contributed by atoms with van der Waals surface area (Å²) in [6.45, 7) is 4.81. The summed E-state index contributed by atoms with van der Waals surface area (Å²) in [5, 5.41) is 18.2. The zero-order chi connectivity index (χ0) is 11.5. The van der Waals surface area contributed by atoms with Crippen LogP contribution in [0.1, 0.15) is 30.0 Å². The number of hydrogen-bond acceptors (Lipinski definition) is 4. The highest BCUT2D eigenvalue weighted by Crippen LogP contribution is 2.23. The highest BCUT2D eigenvalue weighted by molar-refractivity contribution is 7.08. The monoisotopic (exact) mass is 237 g/mol. The van der Waals surface area contributed by atoms with E-state index in [2.05, 4.69) is 10.1 Å². The molecule has 2 heterocycles. The van der Waals surface area contributed by atoms with Gasteiger partial charge in [-0.3, -0.25) is 4.68 Å². The normalized spacial score (nSPS) is 12.9. The first-order valence-electron chi connectivity index (χ1n) is 5.29. The van der Waals surface area contributed by atoms with Crippen molar-refractivity contribution in [2.45, 2.75) is 32.9 Å². The van der Waals surface area contributed by atoms with Gasteiger partial charge in [-0.05, 0) is 35.7 Å². The maximum absolute atomic E-state index is 10.1. The van der Waals surface area contributed by atoms with Gasteiger partial charge in [0.25, 0.3) is 0 Å². The Hall–Kier alpha value is -1.20. The van der Waals surface area contributed by atoms with Crippen LogP contribution >= 0.6 is 11.3 Å². The number of aliphatic hydroxyl groups is 1. The standard InChI is InChI=1S/C11H15N3OS/c1-3-14-11(12-7-13-14)4-10(15)9-6-16-5-8(9)2/h5-7,10,15H,3-4H2,1-2H3. The van der Waals surface area contributed by atoms with Crippen molar-refractivity contribution in [1.82, 2.24) is 14.8 Å². The molecule has 0 saturated heterocycles. The summed E-state index contributed by atoms with van der Waals surface area (Å²) in [5.74, 6) is 0.834. The minimum absolute atomic E-state index is 0.485. The minimum atomic E-state index is -0.485. The SMILES string of the molecule is CCn1ncnc1CC(O)c1cscc1C. The van der Waals surface area contributed by atoms with Crippen molar-refractivity contribution in [3.8, 4) is 0 Å². The van der Waals surface area contributed by atoms with E-state index in [4.69, 9.17) is 0 Å². The van der Waals surface area contributed by atoms with E-state index >= 15 is 0 Å². The lowest BCUT2D eigenvalue weighted by atomic mass is 10.1. The number of hydrogen-bond donors (Lipinski definition) is 1. The molecular weight excluding hydrogens is 222 g/mol. The number of rotatable bonds is 4. The first kappa shape index (κ1) is 11.3. The van der Waals surface area contributed by atoms with Gasteiger partial charge in [-0.25, -0.2) is 4.98 Å². The van der Waals surface area contributed by atoms with Crippen LogP contribution in [0.3, 0.4) is 0 Å². The van der Waals surface area contributed by atoms with Gasteiger partial charge in [0.1, 0.15) is 12.2 Å². The van der Waals surface area contributed by atoms with Crippen LogP contribution < -0.4 is 0 Å².